The zero-order chi connectivity index (χ0) is 18.4. The molecule has 1 aromatic carbocycles. The molecule has 7 nitrogen and oxygen atoms in total. The van der Waals surface area contributed by atoms with Gasteiger partial charge in [0.25, 0.3) is 5.69 Å². The highest BCUT2D eigenvalue weighted by Gasteiger charge is 2.38. The minimum atomic E-state index is -4.75. The van der Waals surface area contributed by atoms with E-state index in [0.29, 0.717) is 16.7 Å². The van der Waals surface area contributed by atoms with Crippen LogP contribution in [-0.2, 0) is 6.18 Å². The number of aromatic nitrogens is 4. The van der Waals surface area contributed by atoms with E-state index in [1.165, 1.54) is 23.9 Å². The molecule has 0 amide bonds. The molecule has 132 valence electrons. The molecular formula is C14H12F3N5O2S. The van der Waals surface area contributed by atoms with Crippen molar-refractivity contribution >= 4 is 34.1 Å². The zero-order valence-electron chi connectivity index (χ0n) is 13.1. The number of nitro groups is 1. The van der Waals surface area contributed by atoms with Crippen LogP contribution in [0.1, 0.15) is 19.7 Å². The Morgan fingerprint density at radius 3 is 2.64 bits per heavy atom. The van der Waals surface area contributed by atoms with Crippen molar-refractivity contribution in [3.8, 4) is 0 Å². The quantitative estimate of drug-likeness (QED) is 0.392. The number of nitrogens with zero attached hydrogens (tertiary/aromatic N) is 5. The van der Waals surface area contributed by atoms with Crippen molar-refractivity contribution in [3.05, 3.63) is 34.1 Å². The predicted molar refractivity (Wildman–Crippen MR) is 85.5 cm³/mol. The van der Waals surface area contributed by atoms with Gasteiger partial charge in [0, 0.05) is 17.9 Å². The van der Waals surface area contributed by atoms with E-state index >= 15 is 0 Å². The van der Waals surface area contributed by atoms with Crippen molar-refractivity contribution in [2.75, 3.05) is 5.75 Å². The van der Waals surface area contributed by atoms with Crippen LogP contribution in [0, 0.1) is 16.0 Å². The highest BCUT2D eigenvalue weighted by atomic mass is 32.2. The van der Waals surface area contributed by atoms with Crippen LogP contribution in [0.3, 0.4) is 0 Å². The summed E-state index contributed by atoms with van der Waals surface area (Å²) in [6.07, 6.45) is -4.75. The summed E-state index contributed by atoms with van der Waals surface area (Å²) < 4.78 is 40.7. The van der Waals surface area contributed by atoms with E-state index in [4.69, 9.17) is 0 Å². The van der Waals surface area contributed by atoms with Crippen molar-refractivity contribution in [1.29, 1.82) is 0 Å². The molecule has 0 aliphatic heterocycles. The van der Waals surface area contributed by atoms with Crippen LogP contribution in [0.2, 0.25) is 0 Å². The fourth-order valence-corrected chi connectivity index (χ4v) is 3.15. The number of halogens is 3. The minimum Gasteiger partial charge on any atom is -0.267 e. The Balaban J connectivity index is 2.35. The Bertz CT molecular complexity index is 970. The number of rotatable bonds is 4. The molecular weight excluding hydrogens is 359 g/mol. The van der Waals surface area contributed by atoms with E-state index in [1.807, 2.05) is 13.8 Å². The van der Waals surface area contributed by atoms with Crippen LogP contribution in [-0.4, -0.2) is 30.3 Å². The van der Waals surface area contributed by atoms with Crippen molar-refractivity contribution in [1.82, 2.24) is 19.6 Å². The molecule has 0 fully saturated rings. The molecule has 0 aliphatic carbocycles. The standard InChI is InChI=1S/C14H12F3N5O2S/c1-7(2)6-25-12-11-19-20-13(14(15,16)17)21(11)10-5-8(22(23)24)3-4-9(10)18-12/h3-5,7H,6H2,1-2H3. The first-order chi connectivity index (χ1) is 11.7. The van der Waals surface area contributed by atoms with Gasteiger partial charge in [-0.3, -0.25) is 14.5 Å². The third-order valence-electron chi connectivity index (χ3n) is 3.29. The number of non-ortho nitro benzene ring substituents is 1. The van der Waals surface area contributed by atoms with Gasteiger partial charge in [0.05, 0.1) is 16.0 Å². The predicted octanol–water partition coefficient (Wildman–Crippen LogP) is 3.95. The van der Waals surface area contributed by atoms with E-state index in [0.717, 1.165) is 10.5 Å². The number of nitro benzene ring substituents is 1. The van der Waals surface area contributed by atoms with Crippen LogP contribution in [0.4, 0.5) is 18.9 Å². The first-order valence-corrected chi connectivity index (χ1v) is 8.20. The molecule has 0 saturated heterocycles. The molecule has 25 heavy (non-hydrogen) atoms. The summed E-state index contributed by atoms with van der Waals surface area (Å²) in [6.45, 7) is 3.94. The molecule has 0 atom stereocenters. The van der Waals surface area contributed by atoms with E-state index in [1.54, 1.807) is 0 Å². The van der Waals surface area contributed by atoms with Gasteiger partial charge < -0.3 is 0 Å². The second-order valence-electron chi connectivity index (χ2n) is 5.73. The van der Waals surface area contributed by atoms with Crippen molar-refractivity contribution < 1.29 is 18.1 Å². The Hall–Kier alpha value is -2.43. The average molecular weight is 371 g/mol. The van der Waals surface area contributed by atoms with Crippen LogP contribution in [0.15, 0.2) is 23.2 Å². The Labute approximate surface area is 143 Å². The summed E-state index contributed by atoms with van der Waals surface area (Å²) in [5, 5.41) is 18.1. The topological polar surface area (TPSA) is 86.2 Å². The average Bonchev–Trinajstić information content (AvgIpc) is 2.97. The maximum Gasteiger partial charge on any atom is 0.452 e. The Morgan fingerprint density at radius 2 is 2.04 bits per heavy atom. The van der Waals surface area contributed by atoms with Crippen molar-refractivity contribution in [2.45, 2.75) is 25.0 Å². The number of benzene rings is 1. The number of thioether (sulfide) groups is 1. The van der Waals surface area contributed by atoms with Gasteiger partial charge in [-0.2, -0.15) is 13.2 Å². The van der Waals surface area contributed by atoms with Crippen LogP contribution in [0.25, 0.3) is 16.7 Å². The second kappa shape index (κ2) is 6.14. The number of alkyl halides is 3. The van der Waals surface area contributed by atoms with Gasteiger partial charge in [-0.1, -0.05) is 13.8 Å². The van der Waals surface area contributed by atoms with Gasteiger partial charge in [-0.25, -0.2) is 4.98 Å². The van der Waals surface area contributed by atoms with Gasteiger partial charge in [0.2, 0.25) is 5.82 Å². The van der Waals surface area contributed by atoms with Gasteiger partial charge in [-0.15, -0.1) is 22.0 Å². The molecule has 0 saturated carbocycles. The minimum absolute atomic E-state index is 0.0598. The molecule has 11 heteroatoms. The normalized spacial score (nSPS) is 12.4. The Morgan fingerprint density at radius 1 is 1.32 bits per heavy atom. The number of hydrogen-bond acceptors (Lipinski definition) is 6. The molecule has 2 aromatic heterocycles. The summed E-state index contributed by atoms with van der Waals surface area (Å²) in [5.74, 6) is -0.304. The maximum atomic E-state index is 13.3. The van der Waals surface area contributed by atoms with Gasteiger partial charge in [0.1, 0.15) is 5.03 Å². The maximum absolute atomic E-state index is 13.3. The summed E-state index contributed by atoms with van der Waals surface area (Å²) in [7, 11) is 0. The van der Waals surface area contributed by atoms with Gasteiger partial charge in [0.15, 0.2) is 5.65 Å². The van der Waals surface area contributed by atoms with E-state index < -0.39 is 16.9 Å². The lowest BCUT2D eigenvalue weighted by molar-refractivity contribution is -0.384. The smallest absolute Gasteiger partial charge is 0.267 e. The largest absolute Gasteiger partial charge is 0.452 e. The lowest BCUT2D eigenvalue weighted by Gasteiger charge is -2.10. The second-order valence-corrected chi connectivity index (χ2v) is 6.74. The molecule has 0 unspecified atom stereocenters. The van der Waals surface area contributed by atoms with E-state index in [2.05, 4.69) is 15.2 Å². The lowest BCUT2D eigenvalue weighted by atomic mass is 10.2. The van der Waals surface area contributed by atoms with Gasteiger partial charge in [-0.05, 0) is 12.0 Å². The van der Waals surface area contributed by atoms with Crippen LogP contribution < -0.4 is 0 Å². The van der Waals surface area contributed by atoms with E-state index in [-0.39, 0.29) is 22.4 Å². The molecule has 3 aromatic rings. The van der Waals surface area contributed by atoms with Gasteiger partial charge >= 0.3 is 6.18 Å². The SMILES string of the molecule is CC(C)CSc1nc2ccc([N+](=O)[O-])cc2n2c(C(F)(F)F)nnc12. The third kappa shape index (κ3) is 3.23. The highest BCUT2D eigenvalue weighted by molar-refractivity contribution is 7.99. The summed E-state index contributed by atoms with van der Waals surface area (Å²) in [4.78, 5) is 14.6. The molecule has 0 bridgehead atoms. The zero-order valence-corrected chi connectivity index (χ0v) is 13.9. The first-order valence-electron chi connectivity index (χ1n) is 7.21. The Kier molecular flexibility index (Phi) is 4.27. The number of hydrogen-bond donors (Lipinski definition) is 0. The first kappa shape index (κ1) is 17.4. The number of fused-ring (bicyclic) bond motifs is 3. The third-order valence-corrected chi connectivity index (χ3v) is 4.67. The van der Waals surface area contributed by atoms with E-state index in [9.17, 15) is 23.3 Å². The molecule has 0 aliphatic rings. The molecule has 0 radical (unpaired) electrons. The van der Waals surface area contributed by atoms with Crippen LogP contribution in [0.5, 0.6) is 0 Å². The molecule has 0 spiro atoms. The fraction of sp³-hybridized carbons (Fsp3) is 0.357. The van der Waals surface area contributed by atoms with Crippen molar-refractivity contribution in [2.24, 2.45) is 5.92 Å². The lowest BCUT2D eigenvalue weighted by Crippen LogP contribution is -2.12. The van der Waals surface area contributed by atoms with Crippen molar-refractivity contribution in [3.63, 3.8) is 0 Å². The fourth-order valence-electron chi connectivity index (χ4n) is 2.24. The highest BCUT2D eigenvalue weighted by Crippen LogP contribution is 2.34. The monoisotopic (exact) mass is 371 g/mol. The summed E-state index contributed by atoms with van der Waals surface area (Å²) in [5.41, 5.74) is -0.254. The molecule has 0 N–H and O–H groups in total. The summed E-state index contributed by atoms with van der Waals surface area (Å²) >= 11 is 1.27. The molecule has 3 rings (SSSR count). The van der Waals surface area contributed by atoms with Crippen LogP contribution >= 0.6 is 11.8 Å². The molecule has 2 heterocycles. The summed E-state index contributed by atoms with van der Waals surface area (Å²) in [6, 6.07) is 3.58.